The fourth-order valence-electron chi connectivity index (χ4n) is 0.995. The Kier molecular flexibility index (Phi) is 3.41. The third-order valence-electron chi connectivity index (χ3n) is 1.79. The largest absolute Gasteiger partial charge is 0.370 e. The molecule has 0 aliphatic rings. The second kappa shape index (κ2) is 4.39. The Bertz CT molecular complexity index is 453. The van der Waals surface area contributed by atoms with Gasteiger partial charge in [0.25, 0.3) is 0 Å². The van der Waals surface area contributed by atoms with E-state index in [4.69, 9.17) is 5.73 Å². The molecule has 2 N–H and O–H groups in total. The van der Waals surface area contributed by atoms with Crippen molar-refractivity contribution in [3.63, 3.8) is 0 Å². The summed E-state index contributed by atoms with van der Waals surface area (Å²) in [4.78, 5) is 10.4. The number of halogens is 1. The van der Waals surface area contributed by atoms with Crippen LogP contribution in [0.5, 0.6) is 0 Å². The van der Waals surface area contributed by atoms with Gasteiger partial charge in [0.05, 0.1) is 10.6 Å². The van der Waals surface area contributed by atoms with Crippen molar-refractivity contribution in [3.8, 4) is 0 Å². The van der Waals surface area contributed by atoms with Crippen LogP contribution in [-0.2, 0) is 14.6 Å². The Labute approximate surface area is 86.8 Å². The summed E-state index contributed by atoms with van der Waals surface area (Å²) in [6.45, 7) is 0. The van der Waals surface area contributed by atoms with Gasteiger partial charge in [-0.05, 0) is 24.3 Å². The summed E-state index contributed by atoms with van der Waals surface area (Å²) in [6, 6.07) is 4.42. The minimum atomic E-state index is -3.54. The molecule has 0 fully saturated rings. The topological polar surface area (TPSA) is 77.2 Å². The molecule has 0 saturated heterocycles. The normalized spacial score (nSPS) is 11.3. The van der Waals surface area contributed by atoms with Crippen molar-refractivity contribution in [2.45, 2.75) is 11.3 Å². The van der Waals surface area contributed by atoms with Gasteiger partial charge in [-0.15, -0.1) is 0 Å². The molecule has 1 amide bonds. The molecule has 0 saturated carbocycles. The van der Waals surface area contributed by atoms with Crippen molar-refractivity contribution in [3.05, 3.63) is 30.1 Å². The first kappa shape index (κ1) is 11.6. The molecule has 0 atom stereocenters. The zero-order valence-electron chi connectivity index (χ0n) is 7.81. The van der Waals surface area contributed by atoms with E-state index in [9.17, 15) is 17.6 Å². The van der Waals surface area contributed by atoms with Gasteiger partial charge in [-0.25, -0.2) is 12.8 Å². The van der Waals surface area contributed by atoms with Crippen molar-refractivity contribution in [2.24, 2.45) is 5.73 Å². The van der Waals surface area contributed by atoms with Gasteiger partial charge >= 0.3 is 0 Å². The maximum Gasteiger partial charge on any atom is 0.218 e. The molecular formula is C9H10FNO3S. The number of primary amides is 1. The van der Waals surface area contributed by atoms with E-state index in [1.165, 1.54) is 0 Å². The highest BCUT2D eigenvalue weighted by Gasteiger charge is 2.15. The van der Waals surface area contributed by atoms with Crippen LogP contribution in [0.2, 0.25) is 0 Å². The smallest absolute Gasteiger partial charge is 0.218 e. The fourth-order valence-corrected chi connectivity index (χ4v) is 2.25. The van der Waals surface area contributed by atoms with E-state index < -0.39 is 21.6 Å². The Hall–Kier alpha value is -1.43. The van der Waals surface area contributed by atoms with Gasteiger partial charge in [-0.2, -0.15) is 0 Å². The van der Waals surface area contributed by atoms with Gasteiger partial charge < -0.3 is 5.73 Å². The lowest BCUT2D eigenvalue weighted by Gasteiger charge is -2.02. The van der Waals surface area contributed by atoms with Crippen LogP contribution in [0.1, 0.15) is 6.42 Å². The second-order valence-corrected chi connectivity index (χ2v) is 5.10. The van der Waals surface area contributed by atoms with Crippen molar-refractivity contribution in [1.29, 1.82) is 0 Å². The Morgan fingerprint density at radius 2 is 1.80 bits per heavy atom. The van der Waals surface area contributed by atoms with Gasteiger partial charge in [0, 0.05) is 6.42 Å². The molecule has 0 radical (unpaired) electrons. The van der Waals surface area contributed by atoms with Crippen LogP contribution in [0.3, 0.4) is 0 Å². The molecule has 0 aliphatic heterocycles. The van der Waals surface area contributed by atoms with E-state index >= 15 is 0 Å². The molecule has 0 spiro atoms. The highest BCUT2D eigenvalue weighted by atomic mass is 32.2. The maximum absolute atomic E-state index is 12.5. The van der Waals surface area contributed by atoms with Gasteiger partial charge in [-0.3, -0.25) is 4.79 Å². The molecule has 4 nitrogen and oxygen atoms in total. The minimum absolute atomic E-state index is 0.00912. The van der Waals surface area contributed by atoms with Crippen molar-refractivity contribution in [2.75, 3.05) is 5.75 Å². The van der Waals surface area contributed by atoms with E-state index in [0.29, 0.717) is 0 Å². The van der Waals surface area contributed by atoms with E-state index in [1.807, 2.05) is 0 Å². The zero-order chi connectivity index (χ0) is 11.5. The number of nitrogens with two attached hydrogens (primary N) is 1. The number of carbonyl (C=O) groups is 1. The van der Waals surface area contributed by atoms with Gasteiger partial charge in [0.1, 0.15) is 5.82 Å². The zero-order valence-corrected chi connectivity index (χ0v) is 8.63. The molecule has 1 aromatic rings. The number of hydrogen-bond acceptors (Lipinski definition) is 3. The molecular weight excluding hydrogens is 221 g/mol. The van der Waals surface area contributed by atoms with Crippen LogP contribution in [-0.4, -0.2) is 20.1 Å². The summed E-state index contributed by atoms with van der Waals surface area (Å²) in [5, 5.41) is 0. The first-order valence-corrected chi connectivity index (χ1v) is 5.84. The predicted molar refractivity (Wildman–Crippen MR) is 52.3 cm³/mol. The van der Waals surface area contributed by atoms with Crippen LogP contribution < -0.4 is 5.73 Å². The van der Waals surface area contributed by atoms with Crippen LogP contribution in [0.4, 0.5) is 4.39 Å². The molecule has 0 heterocycles. The quantitative estimate of drug-likeness (QED) is 0.765. The standard InChI is InChI=1S/C9H10FNO3S/c10-7-1-3-8(4-2-7)15(13,14)6-5-9(11)12/h1-4H,5-6H2,(H2,11,12). The SMILES string of the molecule is NC(=O)CCS(=O)(=O)c1ccc(F)cc1. The lowest BCUT2D eigenvalue weighted by molar-refractivity contribution is -0.117. The van der Waals surface area contributed by atoms with E-state index in [0.717, 1.165) is 24.3 Å². The third kappa shape index (κ3) is 3.32. The summed E-state index contributed by atoms with van der Waals surface area (Å²) >= 11 is 0. The molecule has 0 unspecified atom stereocenters. The van der Waals surface area contributed by atoms with E-state index in [1.54, 1.807) is 0 Å². The molecule has 82 valence electrons. The average molecular weight is 231 g/mol. The van der Waals surface area contributed by atoms with E-state index in [-0.39, 0.29) is 17.1 Å². The molecule has 0 aliphatic carbocycles. The number of sulfone groups is 1. The first-order valence-electron chi connectivity index (χ1n) is 4.18. The molecule has 0 bridgehead atoms. The molecule has 15 heavy (non-hydrogen) atoms. The van der Waals surface area contributed by atoms with Gasteiger partial charge in [0.15, 0.2) is 9.84 Å². The van der Waals surface area contributed by atoms with Crippen LogP contribution in [0, 0.1) is 5.82 Å². The summed E-state index contributed by atoms with van der Waals surface area (Å²) in [5.41, 5.74) is 4.84. The van der Waals surface area contributed by atoms with E-state index in [2.05, 4.69) is 0 Å². The minimum Gasteiger partial charge on any atom is -0.370 e. The number of benzene rings is 1. The number of amides is 1. The van der Waals surface area contributed by atoms with Crippen molar-refractivity contribution < 1.29 is 17.6 Å². The van der Waals surface area contributed by atoms with Crippen LogP contribution in [0.25, 0.3) is 0 Å². The molecule has 0 aromatic heterocycles. The van der Waals surface area contributed by atoms with Gasteiger partial charge in [-0.1, -0.05) is 0 Å². The Balaban J connectivity index is 2.87. The number of carbonyl (C=O) groups excluding carboxylic acids is 1. The Morgan fingerprint density at radius 3 is 2.27 bits per heavy atom. The summed E-state index contributed by atoms with van der Waals surface area (Å²) < 4.78 is 35.6. The molecule has 6 heteroatoms. The summed E-state index contributed by atoms with van der Waals surface area (Å²) in [5.74, 6) is -1.54. The first-order chi connectivity index (χ1) is 6.92. The molecule has 1 rings (SSSR count). The predicted octanol–water partition coefficient (Wildman–Crippen LogP) is 0.475. The number of rotatable bonds is 4. The lowest BCUT2D eigenvalue weighted by atomic mass is 10.4. The lowest BCUT2D eigenvalue weighted by Crippen LogP contribution is -2.17. The summed E-state index contributed by atoms with van der Waals surface area (Å²) in [7, 11) is -3.54. The molecule has 1 aromatic carbocycles. The highest BCUT2D eigenvalue weighted by molar-refractivity contribution is 7.91. The second-order valence-electron chi connectivity index (χ2n) is 2.99. The van der Waals surface area contributed by atoms with Gasteiger partial charge in [0.2, 0.25) is 5.91 Å². The third-order valence-corrected chi connectivity index (χ3v) is 3.52. The summed E-state index contributed by atoms with van der Waals surface area (Å²) in [6.07, 6.45) is -0.236. The van der Waals surface area contributed by atoms with Crippen molar-refractivity contribution in [1.82, 2.24) is 0 Å². The van der Waals surface area contributed by atoms with Crippen LogP contribution >= 0.6 is 0 Å². The fraction of sp³-hybridized carbons (Fsp3) is 0.222. The Morgan fingerprint density at radius 1 is 1.27 bits per heavy atom. The highest BCUT2D eigenvalue weighted by Crippen LogP contribution is 2.12. The maximum atomic E-state index is 12.5. The van der Waals surface area contributed by atoms with Crippen LogP contribution in [0.15, 0.2) is 29.2 Å². The average Bonchev–Trinajstić information content (AvgIpc) is 2.16. The number of hydrogen-bond donors (Lipinski definition) is 1. The monoisotopic (exact) mass is 231 g/mol. The van der Waals surface area contributed by atoms with Crippen molar-refractivity contribution >= 4 is 15.7 Å².